The predicted molar refractivity (Wildman–Crippen MR) is 96.0 cm³/mol. The minimum Gasteiger partial charge on any atom is -0.309 e. The number of fused-ring (bicyclic) bond motifs is 1. The minimum absolute atomic E-state index is 0.256. The Hall–Kier alpha value is -1.95. The van der Waals surface area contributed by atoms with Crippen LogP contribution >= 0.6 is 23.2 Å². The summed E-state index contributed by atoms with van der Waals surface area (Å²) in [7, 11) is 0. The quantitative estimate of drug-likeness (QED) is 0.678. The Morgan fingerprint density at radius 3 is 2.56 bits per heavy atom. The molecule has 0 spiro atoms. The second kappa shape index (κ2) is 6.75. The van der Waals surface area contributed by atoms with Crippen LogP contribution in [0.5, 0.6) is 0 Å². The van der Waals surface area contributed by atoms with E-state index in [4.69, 9.17) is 23.2 Å². The van der Waals surface area contributed by atoms with Crippen molar-refractivity contribution in [3.05, 3.63) is 69.7 Å². The molecule has 0 bridgehead atoms. The molecule has 0 radical (unpaired) electrons. The largest absolute Gasteiger partial charge is 0.309 e. The van der Waals surface area contributed by atoms with E-state index in [9.17, 15) is 4.39 Å². The Labute approximate surface area is 154 Å². The first kappa shape index (κ1) is 16.5. The lowest BCUT2D eigenvalue weighted by Gasteiger charge is -2.28. The van der Waals surface area contributed by atoms with Gasteiger partial charge in [-0.1, -0.05) is 29.3 Å². The van der Waals surface area contributed by atoms with Gasteiger partial charge < -0.3 is 4.57 Å². The zero-order valence-corrected chi connectivity index (χ0v) is 14.8. The van der Waals surface area contributed by atoms with Crippen LogP contribution in [0.3, 0.4) is 0 Å². The number of nitrogens with zero attached hydrogens (tertiary/aromatic N) is 4. The van der Waals surface area contributed by atoms with Crippen LogP contribution in [-0.4, -0.2) is 26.2 Å². The second-order valence-electron chi connectivity index (χ2n) is 6.04. The topological polar surface area (TPSA) is 34.0 Å². The summed E-state index contributed by atoms with van der Waals surface area (Å²) in [5.74, 6) is 1.42. The maximum Gasteiger partial charge on any atom is 0.164 e. The zero-order valence-electron chi connectivity index (χ0n) is 13.3. The summed E-state index contributed by atoms with van der Waals surface area (Å²) in [6, 6.07) is 11.9. The molecule has 3 aromatic rings. The molecule has 1 aliphatic rings. The van der Waals surface area contributed by atoms with E-state index in [1.807, 2.05) is 12.1 Å². The van der Waals surface area contributed by atoms with Gasteiger partial charge in [0.1, 0.15) is 11.6 Å². The predicted octanol–water partition coefficient (Wildman–Crippen LogP) is 4.41. The first-order valence-electron chi connectivity index (χ1n) is 7.94. The zero-order chi connectivity index (χ0) is 17.4. The molecule has 0 unspecified atom stereocenters. The van der Waals surface area contributed by atoms with E-state index in [1.165, 1.54) is 12.1 Å². The molecule has 0 amide bonds. The van der Waals surface area contributed by atoms with Gasteiger partial charge >= 0.3 is 0 Å². The molecule has 2 aromatic carbocycles. The average molecular weight is 377 g/mol. The minimum atomic E-state index is -0.256. The molecule has 0 atom stereocenters. The standard InChI is InChI=1S/C18H15Cl2FN4/c19-14-4-1-13(16(20)9-14)10-24-7-8-25-17(11-24)22-23-18(25)12-2-5-15(21)6-3-12/h1-6,9H,7-8,10-11H2. The van der Waals surface area contributed by atoms with E-state index < -0.39 is 0 Å². The molecular weight excluding hydrogens is 362 g/mol. The first-order chi connectivity index (χ1) is 12.1. The number of halogens is 3. The summed E-state index contributed by atoms with van der Waals surface area (Å²) in [6.45, 7) is 3.06. The molecular formula is C18H15Cl2FN4. The highest BCUT2D eigenvalue weighted by molar-refractivity contribution is 6.35. The molecule has 0 N–H and O–H groups in total. The summed E-state index contributed by atoms with van der Waals surface area (Å²) in [4.78, 5) is 2.27. The molecule has 4 nitrogen and oxygen atoms in total. The Kier molecular flexibility index (Phi) is 4.46. The molecule has 4 rings (SSSR count). The lowest BCUT2D eigenvalue weighted by molar-refractivity contribution is 0.209. The van der Waals surface area contributed by atoms with Crippen LogP contribution in [0.1, 0.15) is 11.4 Å². The van der Waals surface area contributed by atoms with Crippen LogP contribution < -0.4 is 0 Å². The third-order valence-electron chi connectivity index (χ3n) is 4.34. The van der Waals surface area contributed by atoms with Gasteiger partial charge in [-0.15, -0.1) is 10.2 Å². The highest BCUT2D eigenvalue weighted by Gasteiger charge is 2.22. The normalized spacial score (nSPS) is 14.5. The van der Waals surface area contributed by atoms with Crippen LogP contribution in [0.4, 0.5) is 4.39 Å². The molecule has 0 saturated heterocycles. The summed E-state index contributed by atoms with van der Waals surface area (Å²) in [5.41, 5.74) is 1.91. The fourth-order valence-electron chi connectivity index (χ4n) is 3.05. The molecule has 25 heavy (non-hydrogen) atoms. The molecule has 0 aliphatic carbocycles. The highest BCUT2D eigenvalue weighted by Crippen LogP contribution is 2.26. The van der Waals surface area contributed by atoms with E-state index in [1.54, 1.807) is 18.2 Å². The van der Waals surface area contributed by atoms with E-state index in [-0.39, 0.29) is 5.82 Å². The third-order valence-corrected chi connectivity index (χ3v) is 4.93. The summed E-state index contributed by atoms with van der Waals surface area (Å²) < 4.78 is 15.2. The number of benzene rings is 2. The monoisotopic (exact) mass is 376 g/mol. The first-order valence-corrected chi connectivity index (χ1v) is 8.70. The lowest BCUT2D eigenvalue weighted by atomic mass is 10.2. The van der Waals surface area contributed by atoms with Crippen molar-refractivity contribution < 1.29 is 4.39 Å². The van der Waals surface area contributed by atoms with Crippen molar-refractivity contribution in [2.75, 3.05) is 6.54 Å². The maximum absolute atomic E-state index is 13.1. The molecule has 2 heterocycles. The van der Waals surface area contributed by atoms with Crippen molar-refractivity contribution in [3.63, 3.8) is 0 Å². The van der Waals surface area contributed by atoms with Gasteiger partial charge in [-0.25, -0.2) is 4.39 Å². The van der Waals surface area contributed by atoms with Gasteiger partial charge in [0.2, 0.25) is 0 Å². The number of hydrogen-bond donors (Lipinski definition) is 0. The van der Waals surface area contributed by atoms with E-state index in [0.717, 1.165) is 42.4 Å². The molecule has 128 valence electrons. The lowest BCUT2D eigenvalue weighted by Crippen LogP contribution is -2.33. The van der Waals surface area contributed by atoms with Gasteiger partial charge in [-0.05, 0) is 42.0 Å². The SMILES string of the molecule is Fc1ccc(-c2nnc3n2CCN(Cc2ccc(Cl)cc2Cl)C3)cc1. The third kappa shape index (κ3) is 3.40. The molecule has 0 saturated carbocycles. The molecule has 1 aromatic heterocycles. The molecule has 0 fully saturated rings. The van der Waals surface area contributed by atoms with E-state index >= 15 is 0 Å². The Bertz CT molecular complexity index is 908. The maximum atomic E-state index is 13.1. The van der Waals surface area contributed by atoms with Crippen LogP contribution in [0.15, 0.2) is 42.5 Å². The van der Waals surface area contributed by atoms with Crippen molar-refractivity contribution >= 4 is 23.2 Å². The van der Waals surface area contributed by atoms with Crippen molar-refractivity contribution in [1.82, 2.24) is 19.7 Å². The van der Waals surface area contributed by atoms with E-state index in [2.05, 4.69) is 19.7 Å². The van der Waals surface area contributed by atoms with Gasteiger partial charge in [0.25, 0.3) is 0 Å². The van der Waals surface area contributed by atoms with Crippen LogP contribution in [0.2, 0.25) is 10.0 Å². The fourth-order valence-corrected chi connectivity index (χ4v) is 3.51. The van der Waals surface area contributed by atoms with Gasteiger partial charge in [0, 0.05) is 35.2 Å². The van der Waals surface area contributed by atoms with Crippen LogP contribution in [0, 0.1) is 5.82 Å². The fraction of sp³-hybridized carbons (Fsp3) is 0.222. The van der Waals surface area contributed by atoms with E-state index in [0.29, 0.717) is 16.6 Å². The smallest absolute Gasteiger partial charge is 0.164 e. The number of rotatable bonds is 3. The Morgan fingerprint density at radius 2 is 1.80 bits per heavy atom. The highest BCUT2D eigenvalue weighted by atomic mass is 35.5. The van der Waals surface area contributed by atoms with Crippen molar-refractivity contribution in [2.24, 2.45) is 0 Å². The summed E-state index contributed by atoms with van der Waals surface area (Å²) in [5, 5.41) is 9.90. The Morgan fingerprint density at radius 1 is 1.00 bits per heavy atom. The van der Waals surface area contributed by atoms with Crippen molar-refractivity contribution in [1.29, 1.82) is 0 Å². The molecule has 7 heteroatoms. The summed E-state index contributed by atoms with van der Waals surface area (Å²) in [6.07, 6.45) is 0. The molecule has 1 aliphatic heterocycles. The van der Waals surface area contributed by atoms with Gasteiger partial charge in [0.05, 0.1) is 6.54 Å². The van der Waals surface area contributed by atoms with Gasteiger partial charge in [-0.3, -0.25) is 4.90 Å². The van der Waals surface area contributed by atoms with Gasteiger partial charge in [-0.2, -0.15) is 0 Å². The van der Waals surface area contributed by atoms with Crippen LogP contribution in [-0.2, 0) is 19.6 Å². The number of aromatic nitrogens is 3. The van der Waals surface area contributed by atoms with Crippen molar-refractivity contribution in [3.8, 4) is 11.4 Å². The van der Waals surface area contributed by atoms with Crippen molar-refractivity contribution in [2.45, 2.75) is 19.6 Å². The second-order valence-corrected chi connectivity index (χ2v) is 6.89. The summed E-state index contributed by atoms with van der Waals surface area (Å²) >= 11 is 12.2. The average Bonchev–Trinajstić information content (AvgIpc) is 3.01. The van der Waals surface area contributed by atoms with Gasteiger partial charge in [0.15, 0.2) is 5.82 Å². The Balaban J connectivity index is 1.53. The van der Waals surface area contributed by atoms with Crippen LogP contribution in [0.25, 0.3) is 11.4 Å². The number of hydrogen-bond acceptors (Lipinski definition) is 3.